The Morgan fingerprint density at radius 2 is 1.88 bits per heavy atom. The molecule has 0 amide bonds. The van der Waals surface area contributed by atoms with Crippen LogP contribution in [0.5, 0.6) is 0 Å². The molecule has 0 aliphatic heterocycles. The van der Waals surface area contributed by atoms with Crippen LogP contribution in [0.4, 0.5) is 0 Å². The van der Waals surface area contributed by atoms with Crippen molar-refractivity contribution in [2.24, 2.45) is 5.73 Å². The van der Waals surface area contributed by atoms with Crippen molar-refractivity contribution in [3.63, 3.8) is 0 Å². The van der Waals surface area contributed by atoms with Crippen LogP contribution < -0.4 is 5.73 Å². The van der Waals surface area contributed by atoms with E-state index in [-0.39, 0.29) is 6.04 Å². The zero-order valence-electron chi connectivity index (χ0n) is 11.2. The fourth-order valence-corrected chi connectivity index (χ4v) is 1.97. The number of aryl methyl sites for hydroxylation is 2. The number of rotatable bonds is 4. The number of hydrogen-bond acceptors (Lipinski definition) is 2. The first kappa shape index (κ1) is 13.7. The summed E-state index contributed by atoms with van der Waals surface area (Å²) in [6.45, 7) is 8.14. The van der Waals surface area contributed by atoms with Crippen LogP contribution in [0.2, 0.25) is 0 Å². The minimum Gasteiger partial charge on any atom is -0.324 e. The van der Waals surface area contributed by atoms with Gasteiger partial charge in [-0.3, -0.25) is 0 Å². The van der Waals surface area contributed by atoms with Gasteiger partial charge in [-0.2, -0.15) is 0 Å². The lowest BCUT2D eigenvalue weighted by Crippen LogP contribution is -2.20. The first-order valence-electron chi connectivity index (χ1n) is 6.06. The van der Waals surface area contributed by atoms with Crippen molar-refractivity contribution < 1.29 is 0 Å². The molecule has 0 saturated carbocycles. The molecule has 0 aliphatic rings. The van der Waals surface area contributed by atoms with E-state index in [0.29, 0.717) is 5.71 Å². The highest BCUT2D eigenvalue weighted by atomic mass is 14.6. The number of hydrogen-bond donors (Lipinski definition) is 2. The summed E-state index contributed by atoms with van der Waals surface area (Å²) in [5.74, 6) is 0. The second kappa shape index (κ2) is 5.78. The quantitative estimate of drug-likeness (QED) is 0.766. The van der Waals surface area contributed by atoms with Crippen molar-refractivity contribution >= 4 is 5.71 Å². The van der Waals surface area contributed by atoms with Gasteiger partial charge in [0.05, 0.1) is 5.71 Å². The standard InChI is InChI=1S/C15H22N2/c1-5-13(16)12(4)9-14(17)15-10(2)7-6-8-11(15)3/h6-9,13,17H,5,16H2,1-4H3/b12-9+,17-14?. The first-order chi connectivity index (χ1) is 7.97. The number of nitrogens with two attached hydrogens (primary N) is 1. The predicted octanol–water partition coefficient (Wildman–Crippen LogP) is 3.35. The lowest BCUT2D eigenvalue weighted by atomic mass is 9.96. The third-order valence-electron chi connectivity index (χ3n) is 3.15. The monoisotopic (exact) mass is 230 g/mol. The number of benzene rings is 1. The van der Waals surface area contributed by atoms with E-state index in [2.05, 4.69) is 6.92 Å². The molecule has 1 rings (SSSR count). The van der Waals surface area contributed by atoms with E-state index in [4.69, 9.17) is 11.1 Å². The Balaban J connectivity index is 3.06. The molecule has 0 bridgehead atoms. The summed E-state index contributed by atoms with van der Waals surface area (Å²) in [6.07, 6.45) is 2.80. The Hall–Kier alpha value is -1.41. The molecule has 1 aromatic rings. The number of nitrogens with one attached hydrogen (secondary N) is 1. The second-order valence-corrected chi connectivity index (χ2v) is 4.58. The van der Waals surface area contributed by atoms with Crippen molar-refractivity contribution in [2.45, 2.75) is 40.2 Å². The average molecular weight is 230 g/mol. The third kappa shape index (κ3) is 3.27. The minimum atomic E-state index is 0.0553. The van der Waals surface area contributed by atoms with Crippen molar-refractivity contribution in [1.82, 2.24) is 0 Å². The maximum atomic E-state index is 8.18. The van der Waals surface area contributed by atoms with Crippen LogP contribution in [-0.2, 0) is 0 Å². The van der Waals surface area contributed by atoms with Crippen molar-refractivity contribution in [3.8, 4) is 0 Å². The third-order valence-corrected chi connectivity index (χ3v) is 3.15. The van der Waals surface area contributed by atoms with Gasteiger partial charge >= 0.3 is 0 Å². The van der Waals surface area contributed by atoms with Gasteiger partial charge in [-0.1, -0.05) is 30.7 Å². The topological polar surface area (TPSA) is 49.9 Å². The Kier molecular flexibility index (Phi) is 4.64. The van der Waals surface area contributed by atoms with E-state index in [1.54, 1.807) is 0 Å². The molecule has 17 heavy (non-hydrogen) atoms. The molecule has 2 nitrogen and oxygen atoms in total. The SMILES string of the molecule is CCC(N)/C(C)=C/C(=N)c1c(C)cccc1C. The molecule has 1 atom stereocenters. The van der Waals surface area contributed by atoms with Gasteiger partial charge < -0.3 is 11.1 Å². The highest BCUT2D eigenvalue weighted by Gasteiger charge is 2.08. The van der Waals surface area contributed by atoms with E-state index >= 15 is 0 Å². The van der Waals surface area contributed by atoms with E-state index in [1.807, 2.05) is 45.0 Å². The van der Waals surface area contributed by atoms with E-state index in [1.165, 1.54) is 0 Å². The van der Waals surface area contributed by atoms with Gasteiger partial charge in [0, 0.05) is 11.6 Å². The normalized spacial score (nSPS) is 13.6. The molecule has 1 aromatic carbocycles. The van der Waals surface area contributed by atoms with Crippen molar-refractivity contribution in [3.05, 3.63) is 46.5 Å². The molecular weight excluding hydrogens is 208 g/mol. The summed E-state index contributed by atoms with van der Waals surface area (Å²) in [5.41, 5.74) is 10.9. The van der Waals surface area contributed by atoms with Crippen LogP contribution in [0.15, 0.2) is 29.8 Å². The highest BCUT2D eigenvalue weighted by Crippen LogP contribution is 2.16. The molecule has 0 saturated heterocycles. The summed E-state index contributed by atoms with van der Waals surface area (Å²) in [5, 5.41) is 8.18. The fourth-order valence-electron chi connectivity index (χ4n) is 1.97. The van der Waals surface area contributed by atoms with Crippen molar-refractivity contribution in [2.75, 3.05) is 0 Å². The second-order valence-electron chi connectivity index (χ2n) is 4.58. The van der Waals surface area contributed by atoms with Gasteiger partial charge in [0.25, 0.3) is 0 Å². The maximum absolute atomic E-state index is 8.18. The molecule has 3 N–H and O–H groups in total. The Labute approximate surface area is 104 Å². The molecular formula is C15H22N2. The van der Waals surface area contributed by atoms with E-state index in [0.717, 1.165) is 28.7 Å². The molecule has 0 fully saturated rings. The van der Waals surface area contributed by atoms with Gasteiger partial charge in [-0.05, 0) is 44.4 Å². The van der Waals surface area contributed by atoms with Crippen LogP contribution in [0.3, 0.4) is 0 Å². The van der Waals surface area contributed by atoms with Crippen LogP contribution in [0.1, 0.15) is 37.0 Å². The lowest BCUT2D eigenvalue weighted by Gasteiger charge is -2.12. The van der Waals surface area contributed by atoms with E-state index in [9.17, 15) is 0 Å². The Bertz CT molecular complexity index is 424. The Morgan fingerprint density at radius 1 is 1.35 bits per heavy atom. The summed E-state index contributed by atoms with van der Waals surface area (Å²) >= 11 is 0. The molecule has 0 spiro atoms. The molecule has 0 aromatic heterocycles. The molecule has 0 radical (unpaired) electrons. The summed E-state index contributed by atoms with van der Waals surface area (Å²) < 4.78 is 0. The van der Waals surface area contributed by atoms with Crippen LogP contribution >= 0.6 is 0 Å². The molecule has 92 valence electrons. The van der Waals surface area contributed by atoms with Crippen LogP contribution in [0.25, 0.3) is 0 Å². The van der Waals surface area contributed by atoms with E-state index < -0.39 is 0 Å². The predicted molar refractivity (Wildman–Crippen MR) is 74.8 cm³/mol. The van der Waals surface area contributed by atoms with Gasteiger partial charge in [0.15, 0.2) is 0 Å². The largest absolute Gasteiger partial charge is 0.324 e. The van der Waals surface area contributed by atoms with Gasteiger partial charge in [-0.25, -0.2) is 0 Å². The zero-order valence-corrected chi connectivity index (χ0v) is 11.2. The fraction of sp³-hybridized carbons (Fsp3) is 0.400. The van der Waals surface area contributed by atoms with Gasteiger partial charge in [0.1, 0.15) is 0 Å². The summed E-state index contributed by atoms with van der Waals surface area (Å²) in [4.78, 5) is 0. The average Bonchev–Trinajstić information content (AvgIpc) is 2.27. The highest BCUT2D eigenvalue weighted by molar-refractivity contribution is 6.08. The molecule has 0 heterocycles. The Morgan fingerprint density at radius 3 is 2.35 bits per heavy atom. The lowest BCUT2D eigenvalue weighted by molar-refractivity contribution is 0.740. The minimum absolute atomic E-state index is 0.0553. The maximum Gasteiger partial charge on any atom is 0.0617 e. The molecule has 2 heteroatoms. The van der Waals surface area contributed by atoms with Gasteiger partial charge in [0.2, 0.25) is 0 Å². The smallest absolute Gasteiger partial charge is 0.0617 e. The van der Waals surface area contributed by atoms with Crippen molar-refractivity contribution in [1.29, 1.82) is 5.41 Å². The summed E-state index contributed by atoms with van der Waals surface area (Å²) in [7, 11) is 0. The van der Waals surface area contributed by atoms with Crippen LogP contribution in [0, 0.1) is 19.3 Å². The molecule has 0 aliphatic carbocycles. The van der Waals surface area contributed by atoms with Gasteiger partial charge in [-0.15, -0.1) is 0 Å². The first-order valence-corrected chi connectivity index (χ1v) is 6.06. The van der Waals surface area contributed by atoms with Crippen LogP contribution in [-0.4, -0.2) is 11.8 Å². The number of allylic oxidation sites excluding steroid dienone is 1. The molecule has 1 unspecified atom stereocenters. The zero-order chi connectivity index (χ0) is 13.0. The summed E-state index contributed by atoms with van der Waals surface area (Å²) in [6, 6.07) is 6.16.